The molecule has 6 nitrogen and oxygen atoms in total. The lowest BCUT2D eigenvalue weighted by Crippen LogP contribution is -2.40. The highest BCUT2D eigenvalue weighted by Crippen LogP contribution is 2.32. The monoisotopic (exact) mass is 442 g/mol. The van der Waals surface area contributed by atoms with Gasteiger partial charge in [-0.1, -0.05) is 43.3 Å². The number of piperidine rings is 1. The first-order valence-corrected chi connectivity index (χ1v) is 11.8. The van der Waals surface area contributed by atoms with Gasteiger partial charge in [-0.3, -0.25) is 4.79 Å². The van der Waals surface area contributed by atoms with Gasteiger partial charge in [-0.2, -0.15) is 0 Å². The van der Waals surface area contributed by atoms with Gasteiger partial charge in [0.25, 0.3) is 5.91 Å². The summed E-state index contributed by atoms with van der Waals surface area (Å²) >= 11 is 0. The highest BCUT2D eigenvalue weighted by molar-refractivity contribution is 5.94. The van der Waals surface area contributed by atoms with Gasteiger partial charge in [-0.15, -0.1) is 0 Å². The van der Waals surface area contributed by atoms with Gasteiger partial charge < -0.3 is 14.5 Å². The van der Waals surface area contributed by atoms with E-state index in [2.05, 4.69) is 24.0 Å². The second kappa shape index (κ2) is 9.22. The van der Waals surface area contributed by atoms with Crippen LogP contribution < -0.4 is 9.64 Å². The van der Waals surface area contributed by atoms with Crippen LogP contribution in [0.25, 0.3) is 11.4 Å². The normalized spacial score (nSPS) is 16.4. The van der Waals surface area contributed by atoms with Crippen molar-refractivity contribution in [2.45, 2.75) is 32.7 Å². The van der Waals surface area contributed by atoms with E-state index in [1.165, 1.54) is 0 Å². The van der Waals surface area contributed by atoms with E-state index in [4.69, 9.17) is 14.7 Å². The highest BCUT2D eigenvalue weighted by atomic mass is 16.5. The number of hydrogen-bond donors (Lipinski definition) is 0. The second-order valence-corrected chi connectivity index (χ2v) is 9.04. The number of hydrogen-bond acceptors (Lipinski definition) is 5. The van der Waals surface area contributed by atoms with E-state index in [-0.39, 0.29) is 5.91 Å². The number of aromatic nitrogens is 2. The van der Waals surface area contributed by atoms with Gasteiger partial charge in [0.2, 0.25) is 0 Å². The fourth-order valence-corrected chi connectivity index (χ4v) is 4.71. The van der Waals surface area contributed by atoms with Crippen LogP contribution in [0.5, 0.6) is 5.75 Å². The van der Waals surface area contributed by atoms with Crippen LogP contribution in [-0.2, 0) is 13.0 Å². The molecule has 0 spiro atoms. The fraction of sp³-hybridized carbons (Fsp3) is 0.370. The van der Waals surface area contributed by atoms with Crippen molar-refractivity contribution in [2.24, 2.45) is 5.92 Å². The minimum atomic E-state index is 0.0184. The van der Waals surface area contributed by atoms with E-state index in [1.807, 2.05) is 41.3 Å². The lowest BCUT2D eigenvalue weighted by atomic mass is 9.97. The summed E-state index contributed by atoms with van der Waals surface area (Å²) in [5.74, 6) is 3.21. The Morgan fingerprint density at radius 2 is 1.79 bits per heavy atom. The van der Waals surface area contributed by atoms with E-state index in [9.17, 15) is 4.79 Å². The quantitative estimate of drug-likeness (QED) is 0.592. The number of methoxy groups -OCH3 is 1. The van der Waals surface area contributed by atoms with Crippen molar-refractivity contribution in [1.82, 2.24) is 14.9 Å². The zero-order chi connectivity index (χ0) is 22.8. The van der Waals surface area contributed by atoms with Crippen LogP contribution in [-0.4, -0.2) is 47.5 Å². The van der Waals surface area contributed by atoms with Crippen LogP contribution in [0.4, 0.5) is 5.82 Å². The van der Waals surface area contributed by atoms with Crippen molar-refractivity contribution >= 4 is 11.7 Å². The van der Waals surface area contributed by atoms with E-state index in [0.717, 1.165) is 66.7 Å². The van der Waals surface area contributed by atoms with Gasteiger partial charge in [0.15, 0.2) is 5.82 Å². The zero-order valence-corrected chi connectivity index (χ0v) is 19.3. The van der Waals surface area contributed by atoms with Crippen molar-refractivity contribution in [3.8, 4) is 17.1 Å². The maximum absolute atomic E-state index is 13.3. The van der Waals surface area contributed by atoms with Gasteiger partial charge in [-0.05, 0) is 37.0 Å². The molecule has 0 unspecified atom stereocenters. The minimum Gasteiger partial charge on any atom is -0.497 e. The average Bonchev–Trinajstić information content (AvgIpc) is 2.88. The Balaban J connectivity index is 1.50. The average molecular weight is 443 g/mol. The second-order valence-electron chi connectivity index (χ2n) is 9.04. The molecule has 3 aromatic rings. The Bertz CT molecular complexity index is 1140. The molecule has 1 amide bonds. The number of benzene rings is 2. The summed E-state index contributed by atoms with van der Waals surface area (Å²) in [5, 5.41) is 0. The van der Waals surface area contributed by atoms with Crippen LogP contribution in [0, 0.1) is 5.92 Å². The SMILES string of the molecule is COc1cccc(C(=O)N2CCc3nc(-c4ccccc4)nc(N4CCC(C)CC4)c3C2)c1. The predicted molar refractivity (Wildman–Crippen MR) is 130 cm³/mol. The Morgan fingerprint density at radius 1 is 1.00 bits per heavy atom. The van der Waals surface area contributed by atoms with Crippen LogP contribution in [0.3, 0.4) is 0 Å². The zero-order valence-electron chi connectivity index (χ0n) is 19.3. The number of carbonyl (C=O) groups excluding carboxylic acids is 1. The molecule has 3 heterocycles. The summed E-state index contributed by atoms with van der Waals surface area (Å²) in [6.45, 7) is 5.47. The molecule has 2 aliphatic heterocycles. The Hall–Kier alpha value is -3.41. The highest BCUT2D eigenvalue weighted by Gasteiger charge is 2.29. The summed E-state index contributed by atoms with van der Waals surface area (Å²) in [5.41, 5.74) is 3.83. The molecular formula is C27H30N4O2. The summed E-state index contributed by atoms with van der Waals surface area (Å²) < 4.78 is 5.31. The molecule has 5 rings (SSSR count). The standard InChI is InChI=1S/C27H30N4O2/c1-19-11-14-30(15-12-19)26-23-18-31(27(32)21-9-6-10-22(17-21)33-2)16-13-24(23)28-25(29-26)20-7-4-3-5-8-20/h3-10,17,19H,11-16,18H2,1-2H3. The van der Waals surface area contributed by atoms with Crippen molar-refractivity contribution in [2.75, 3.05) is 31.6 Å². The molecule has 6 heteroatoms. The maximum Gasteiger partial charge on any atom is 0.254 e. The minimum absolute atomic E-state index is 0.0184. The molecule has 0 radical (unpaired) electrons. The van der Waals surface area contributed by atoms with Crippen LogP contribution in [0.15, 0.2) is 54.6 Å². The molecule has 0 N–H and O–H groups in total. The summed E-state index contributed by atoms with van der Waals surface area (Å²) in [6, 6.07) is 17.6. The van der Waals surface area contributed by atoms with Gasteiger partial charge in [0, 0.05) is 42.7 Å². The van der Waals surface area contributed by atoms with E-state index in [0.29, 0.717) is 24.4 Å². The molecular weight excluding hydrogens is 412 g/mol. The van der Waals surface area contributed by atoms with Gasteiger partial charge in [0.1, 0.15) is 11.6 Å². The molecule has 2 aromatic carbocycles. The largest absolute Gasteiger partial charge is 0.497 e. The third kappa shape index (κ3) is 4.42. The Labute approximate surface area is 195 Å². The number of rotatable bonds is 4. The molecule has 1 aromatic heterocycles. The Kier molecular flexibility index (Phi) is 5.99. The molecule has 0 saturated carbocycles. The first-order valence-electron chi connectivity index (χ1n) is 11.8. The lowest BCUT2D eigenvalue weighted by Gasteiger charge is -2.36. The number of nitrogens with zero attached hydrogens (tertiary/aromatic N) is 4. The van der Waals surface area contributed by atoms with Crippen molar-refractivity contribution < 1.29 is 9.53 Å². The van der Waals surface area contributed by atoms with Crippen LogP contribution in [0.1, 0.15) is 41.4 Å². The molecule has 33 heavy (non-hydrogen) atoms. The van der Waals surface area contributed by atoms with Crippen molar-refractivity contribution in [1.29, 1.82) is 0 Å². The van der Waals surface area contributed by atoms with E-state index in [1.54, 1.807) is 13.2 Å². The molecule has 1 saturated heterocycles. The van der Waals surface area contributed by atoms with Gasteiger partial charge in [-0.25, -0.2) is 9.97 Å². The predicted octanol–water partition coefficient (Wildman–Crippen LogP) is 4.59. The molecule has 0 bridgehead atoms. The van der Waals surface area contributed by atoms with E-state index >= 15 is 0 Å². The number of anilines is 1. The number of ether oxygens (including phenoxy) is 1. The first kappa shape index (κ1) is 21.4. The summed E-state index contributed by atoms with van der Waals surface area (Å²) in [6.07, 6.45) is 3.04. The smallest absolute Gasteiger partial charge is 0.254 e. The molecule has 170 valence electrons. The fourth-order valence-electron chi connectivity index (χ4n) is 4.71. The van der Waals surface area contributed by atoms with Crippen molar-refractivity contribution in [3.05, 3.63) is 71.4 Å². The molecule has 1 fully saturated rings. The number of carbonyl (C=O) groups is 1. The van der Waals surface area contributed by atoms with E-state index < -0.39 is 0 Å². The molecule has 0 aliphatic carbocycles. The summed E-state index contributed by atoms with van der Waals surface area (Å²) in [7, 11) is 1.62. The van der Waals surface area contributed by atoms with Crippen LogP contribution in [0.2, 0.25) is 0 Å². The Morgan fingerprint density at radius 3 is 2.55 bits per heavy atom. The number of fused-ring (bicyclic) bond motifs is 1. The van der Waals surface area contributed by atoms with Crippen LogP contribution >= 0.6 is 0 Å². The van der Waals surface area contributed by atoms with Crippen molar-refractivity contribution in [3.63, 3.8) is 0 Å². The third-order valence-electron chi connectivity index (χ3n) is 6.76. The first-order chi connectivity index (χ1) is 16.1. The maximum atomic E-state index is 13.3. The summed E-state index contributed by atoms with van der Waals surface area (Å²) in [4.78, 5) is 27.6. The van der Waals surface area contributed by atoms with Gasteiger partial charge in [0.05, 0.1) is 19.3 Å². The topological polar surface area (TPSA) is 58.6 Å². The lowest BCUT2D eigenvalue weighted by molar-refractivity contribution is 0.0733. The number of amides is 1. The third-order valence-corrected chi connectivity index (χ3v) is 6.76. The molecule has 2 aliphatic rings. The molecule has 0 atom stereocenters. The van der Waals surface area contributed by atoms with Gasteiger partial charge >= 0.3 is 0 Å².